The van der Waals surface area contributed by atoms with E-state index in [1.165, 1.54) is 7.11 Å². The molecule has 0 radical (unpaired) electrons. The smallest absolute Gasteiger partial charge is 0.323 e. The Hall–Kier alpha value is -1.36. The second kappa shape index (κ2) is 6.54. The first kappa shape index (κ1) is 14.7. The van der Waals surface area contributed by atoms with E-state index in [1.807, 2.05) is 30.8 Å². The number of esters is 1. The molecule has 0 aliphatic carbocycles. The molecular weight excluding hydrogens is 230 g/mol. The Morgan fingerprint density at radius 2 is 2.11 bits per heavy atom. The van der Waals surface area contributed by atoms with Gasteiger partial charge in [0.25, 0.3) is 0 Å². The van der Waals surface area contributed by atoms with Gasteiger partial charge in [0.05, 0.1) is 12.8 Å². The zero-order chi connectivity index (χ0) is 13.7. The molecule has 1 atom stereocenters. The van der Waals surface area contributed by atoms with Crippen LogP contribution in [0.2, 0.25) is 0 Å². The summed E-state index contributed by atoms with van der Waals surface area (Å²) >= 11 is 0. The molecular formula is C13H23N3O2. The van der Waals surface area contributed by atoms with E-state index in [1.54, 1.807) is 0 Å². The Morgan fingerprint density at radius 3 is 2.56 bits per heavy atom. The van der Waals surface area contributed by atoms with E-state index in [0.717, 1.165) is 5.69 Å². The fraction of sp³-hybridized carbons (Fsp3) is 0.692. The Morgan fingerprint density at radius 1 is 1.44 bits per heavy atom. The van der Waals surface area contributed by atoms with Gasteiger partial charge in [-0.2, -0.15) is 5.10 Å². The van der Waals surface area contributed by atoms with Crippen LogP contribution in [-0.2, 0) is 16.1 Å². The van der Waals surface area contributed by atoms with Gasteiger partial charge in [0.1, 0.15) is 6.04 Å². The van der Waals surface area contributed by atoms with Gasteiger partial charge in [-0.1, -0.05) is 13.8 Å². The number of aromatic nitrogens is 2. The number of nitrogens with zero attached hydrogens (tertiary/aromatic N) is 2. The van der Waals surface area contributed by atoms with Crippen molar-refractivity contribution in [3.63, 3.8) is 0 Å². The van der Waals surface area contributed by atoms with Crippen molar-refractivity contribution in [2.75, 3.05) is 7.11 Å². The number of rotatable bonds is 6. The second-order valence-electron chi connectivity index (χ2n) is 5.01. The summed E-state index contributed by atoms with van der Waals surface area (Å²) in [6.45, 7) is 8.70. The predicted molar refractivity (Wildman–Crippen MR) is 70.1 cm³/mol. The molecule has 0 saturated heterocycles. The minimum Gasteiger partial charge on any atom is -0.468 e. The lowest BCUT2D eigenvalue weighted by Gasteiger charge is -2.19. The van der Waals surface area contributed by atoms with E-state index >= 15 is 0 Å². The molecule has 102 valence electrons. The van der Waals surface area contributed by atoms with Crippen LogP contribution in [-0.4, -0.2) is 28.9 Å². The van der Waals surface area contributed by atoms with Crippen LogP contribution in [0.1, 0.15) is 39.4 Å². The monoisotopic (exact) mass is 253 g/mol. The van der Waals surface area contributed by atoms with Crippen LogP contribution in [0, 0.1) is 5.92 Å². The summed E-state index contributed by atoms with van der Waals surface area (Å²) in [6, 6.07) is 2.02. The molecule has 5 nitrogen and oxygen atoms in total. The maximum atomic E-state index is 11.6. The highest BCUT2D eigenvalue weighted by molar-refractivity contribution is 5.75. The Labute approximate surface area is 109 Å². The molecule has 18 heavy (non-hydrogen) atoms. The number of nitrogens with one attached hydrogen (secondary N) is 1. The third-order valence-corrected chi connectivity index (χ3v) is 2.82. The zero-order valence-electron chi connectivity index (χ0n) is 11.8. The molecule has 1 N–H and O–H groups in total. The van der Waals surface area contributed by atoms with E-state index in [9.17, 15) is 4.79 Å². The first-order valence-electron chi connectivity index (χ1n) is 6.31. The molecule has 0 spiro atoms. The van der Waals surface area contributed by atoms with Crippen LogP contribution >= 0.6 is 0 Å². The number of hydrogen-bond donors (Lipinski definition) is 1. The minimum atomic E-state index is -0.292. The van der Waals surface area contributed by atoms with E-state index < -0.39 is 0 Å². The average molecular weight is 253 g/mol. The van der Waals surface area contributed by atoms with Crippen LogP contribution in [0.15, 0.2) is 12.3 Å². The van der Waals surface area contributed by atoms with E-state index in [4.69, 9.17) is 4.74 Å². The number of methoxy groups -OCH3 is 1. The molecule has 0 aliphatic heterocycles. The fourth-order valence-corrected chi connectivity index (χ4v) is 1.69. The lowest BCUT2D eigenvalue weighted by Crippen LogP contribution is -2.41. The van der Waals surface area contributed by atoms with E-state index in [0.29, 0.717) is 12.6 Å². The maximum Gasteiger partial charge on any atom is 0.323 e. The van der Waals surface area contributed by atoms with Gasteiger partial charge in [0.2, 0.25) is 0 Å². The van der Waals surface area contributed by atoms with Gasteiger partial charge in [-0.15, -0.1) is 0 Å². The van der Waals surface area contributed by atoms with Gasteiger partial charge in [0, 0.05) is 18.8 Å². The molecule has 1 unspecified atom stereocenters. The molecule has 5 heteroatoms. The number of carbonyl (C=O) groups excluding carboxylic acids is 1. The number of hydrogen-bond acceptors (Lipinski definition) is 4. The Bertz CT molecular complexity index is 385. The molecule has 0 amide bonds. The van der Waals surface area contributed by atoms with Crippen LogP contribution in [0.3, 0.4) is 0 Å². The van der Waals surface area contributed by atoms with Crippen molar-refractivity contribution in [1.29, 1.82) is 0 Å². The molecule has 1 heterocycles. The average Bonchev–Trinajstić information content (AvgIpc) is 2.77. The van der Waals surface area contributed by atoms with Crippen molar-refractivity contribution >= 4 is 5.97 Å². The molecule has 0 saturated carbocycles. The van der Waals surface area contributed by atoms with Crippen LogP contribution in [0.4, 0.5) is 0 Å². The van der Waals surface area contributed by atoms with Gasteiger partial charge in [-0.25, -0.2) is 0 Å². The van der Waals surface area contributed by atoms with Gasteiger partial charge in [0.15, 0.2) is 0 Å². The van der Waals surface area contributed by atoms with E-state index in [-0.39, 0.29) is 17.9 Å². The fourth-order valence-electron chi connectivity index (χ4n) is 1.69. The van der Waals surface area contributed by atoms with Crippen molar-refractivity contribution in [1.82, 2.24) is 15.1 Å². The first-order valence-corrected chi connectivity index (χ1v) is 6.31. The summed E-state index contributed by atoms with van der Waals surface area (Å²) in [7, 11) is 1.41. The molecule has 1 aromatic heterocycles. The van der Waals surface area contributed by atoms with Crippen molar-refractivity contribution in [2.45, 2.75) is 46.3 Å². The highest BCUT2D eigenvalue weighted by Gasteiger charge is 2.22. The highest BCUT2D eigenvalue weighted by Crippen LogP contribution is 2.07. The summed E-state index contributed by atoms with van der Waals surface area (Å²) in [5, 5.41) is 7.62. The van der Waals surface area contributed by atoms with Crippen LogP contribution in [0.25, 0.3) is 0 Å². The van der Waals surface area contributed by atoms with Crippen LogP contribution in [0.5, 0.6) is 0 Å². The number of ether oxygens (including phenoxy) is 1. The van der Waals surface area contributed by atoms with E-state index in [2.05, 4.69) is 24.3 Å². The summed E-state index contributed by atoms with van der Waals surface area (Å²) in [5.41, 5.74) is 0.929. The van der Waals surface area contributed by atoms with Crippen LogP contribution < -0.4 is 5.32 Å². The predicted octanol–water partition coefficient (Wildman–Crippen LogP) is 1.75. The molecule has 0 aliphatic rings. The summed E-state index contributed by atoms with van der Waals surface area (Å²) in [5.74, 6) is -0.0436. The highest BCUT2D eigenvalue weighted by atomic mass is 16.5. The number of carbonyl (C=O) groups is 1. The van der Waals surface area contributed by atoms with Gasteiger partial charge >= 0.3 is 5.97 Å². The second-order valence-corrected chi connectivity index (χ2v) is 5.01. The van der Waals surface area contributed by atoms with Crippen molar-refractivity contribution in [3.8, 4) is 0 Å². The largest absolute Gasteiger partial charge is 0.468 e. The maximum absolute atomic E-state index is 11.6. The van der Waals surface area contributed by atoms with Gasteiger partial charge in [-0.05, 0) is 25.8 Å². The zero-order valence-corrected chi connectivity index (χ0v) is 11.8. The lowest BCUT2D eigenvalue weighted by atomic mass is 10.0. The topological polar surface area (TPSA) is 56.1 Å². The quantitative estimate of drug-likeness (QED) is 0.785. The summed E-state index contributed by atoms with van der Waals surface area (Å²) in [4.78, 5) is 11.6. The molecule has 1 aromatic rings. The molecule has 0 fully saturated rings. The third-order valence-electron chi connectivity index (χ3n) is 2.82. The van der Waals surface area contributed by atoms with Crippen molar-refractivity contribution in [2.24, 2.45) is 5.92 Å². The Kier molecular flexibility index (Phi) is 5.34. The van der Waals surface area contributed by atoms with Crippen molar-refractivity contribution in [3.05, 3.63) is 18.0 Å². The van der Waals surface area contributed by atoms with Gasteiger partial charge in [-0.3, -0.25) is 14.8 Å². The SMILES string of the molecule is COC(=O)C(NCc1ccn(C(C)C)n1)C(C)C. The standard InChI is InChI=1S/C13H23N3O2/c1-9(2)12(13(17)18-5)14-8-11-6-7-16(15-11)10(3)4/h6-7,9-10,12,14H,8H2,1-5H3. The summed E-state index contributed by atoms with van der Waals surface area (Å²) in [6.07, 6.45) is 1.95. The lowest BCUT2D eigenvalue weighted by molar-refractivity contribution is -0.144. The summed E-state index contributed by atoms with van der Waals surface area (Å²) < 4.78 is 6.68. The molecule has 0 aromatic carbocycles. The normalized spacial score (nSPS) is 13.1. The Balaban J connectivity index is 2.58. The minimum absolute atomic E-state index is 0.185. The van der Waals surface area contributed by atoms with Crippen molar-refractivity contribution < 1.29 is 9.53 Å². The molecule has 1 rings (SSSR count). The third kappa shape index (κ3) is 3.84. The van der Waals surface area contributed by atoms with Gasteiger partial charge < -0.3 is 4.74 Å². The molecule has 0 bridgehead atoms. The first-order chi connectivity index (χ1) is 8.45.